The second kappa shape index (κ2) is 9.31. The first-order valence-corrected chi connectivity index (χ1v) is 10.3. The smallest absolute Gasteiger partial charge is 0.255 e. The Hall–Kier alpha value is -4.19. The van der Waals surface area contributed by atoms with Crippen LogP contribution in [0.5, 0.6) is 0 Å². The zero-order valence-electron chi connectivity index (χ0n) is 18.3. The van der Waals surface area contributed by atoms with Gasteiger partial charge in [0.05, 0.1) is 5.69 Å². The Morgan fingerprint density at radius 1 is 0.812 bits per heavy atom. The van der Waals surface area contributed by atoms with E-state index in [0.29, 0.717) is 17.2 Å². The summed E-state index contributed by atoms with van der Waals surface area (Å²) < 4.78 is 0. The molecule has 0 unspecified atom stereocenters. The minimum atomic E-state index is -0.173. The third kappa shape index (κ3) is 5.10. The maximum atomic E-state index is 12.8. The normalized spacial score (nSPS) is 10.5. The van der Waals surface area contributed by atoms with Crippen LogP contribution in [0.4, 0.5) is 22.9 Å². The fraction of sp³-hybridized carbons (Fsp3) is 0.115. The summed E-state index contributed by atoms with van der Waals surface area (Å²) in [6.07, 6.45) is 0. The Morgan fingerprint density at radius 2 is 1.56 bits per heavy atom. The fourth-order valence-corrected chi connectivity index (χ4v) is 3.34. The van der Waals surface area contributed by atoms with E-state index in [1.807, 2.05) is 105 Å². The minimum absolute atomic E-state index is 0.173. The number of carbonyl (C=O) groups is 1. The van der Waals surface area contributed by atoms with Crippen molar-refractivity contribution in [1.29, 1.82) is 0 Å². The molecule has 0 spiro atoms. The second-order valence-electron chi connectivity index (χ2n) is 7.66. The van der Waals surface area contributed by atoms with E-state index in [1.165, 1.54) is 0 Å². The highest BCUT2D eigenvalue weighted by Gasteiger charge is 2.09. The van der Waals surface area contributed by atoms with E-state index in [4.69, 9.17) is 0 Å². The lowest BCUT2D eigenvalue weighted by Crippen LogP contribution is -2.13. The van der Waals surface area contributed by atoms with Gasteiger partial charge in [-0.3, -0.25) is 4.79 Å². The summed E-state index contributed by atoms with van der Waals surface area (Å²) in [5, 5.41) is 6.27. The van der Waals surface area contributed by atoms with E-state index in [9.17, 15) is 4.79 Å². The van der Waals surface area contributed by atoms with Crippen molar-refractivity contribution in [2.75, 3.05) is 29.6 Å². The number of nitrogens with one attached hydrogen (secondary N) is 2. The van der Waals surface area contributed by atoms with Crippen LogP contribution < -0.4 is 15.5 Å². The highest BCUT2D eigenvalue weighted by atomic mass is 16.1. The SMILES string of the molecule is Cc1nc(Nc2cccc(C(=O)Nc3cccc(N(C)C)c3)c2)cc(-c2ccccc2)n1. The van der Waals surface area contributed by atoms with Crippen molar-refractivity contribution >= 4 is 28.8 Å². The van der Waals surface area contributed by atoms with Crippen molar-refractivity contribution in [3.63, 3.8) is 0 Å². The van der Waals surface area contributed by atoms with Crippen LogP contribution in [0.3, 0.4) is 0 Å². The van der Waals surface area contributed by atoms with Gasteiger partial charge in [0.1, 0.15) is 11.6 Å². The summed E-state index contributed by atoms with van der Waals surface area (Å²) in [6.45, 7) is 1.86. The van der Waals surface area contributed by atoms with E-state index in [1.54, 1.807) is 6.07 Å². The van der Waals surface area contributed by atoms with Gasteiger partial charge >= 0.3 is 0 Å². The maximum Gasteiger partial charge on any atom is 0.255 e. The highest BCUT2D eigenvalue weighted by molar-refractivity contribution is 6.05. The van der Waals surface area contributed by atoms with Gasteiger partial charge in [-0.05, 0) is 43.3 Å². The number of amides is 1. The molecule has 0 aliphatic heterocycles. The molecule has 0 aliphatic rings. The Balaban J connectivity index is 1.53. The molecule has 0 fully saturated rings. The third-order valence-corrected chi connectivity index (χ3v) is 4.93. The van der Waals surface area contributed by atoms with E-state index in [0.717, 1.165) is 28.3 Å². The van der Waals surface area contributed by atoms with Crippen LogP contribution in [0.1, 0.15) is 16.2 Å². The first-order chi connectivity index (χ1) is 15.5. The van der Waals surface area contributed by atoms with Crippen LogP contribution in [0, 0.1) is 6.92 Å². The molecule has 32 heavy (non-hydrogen) atoms. The molecule has 6 nitrogen and oxygen atoms in total. The molecule has 1 heterocycles. The Labute approximate surface area is 188 Å². The van der Waals surface area contributed by atoms with Gasteiger partial charge in [0, 0.05) is 48.4 Å². The summed E-state index contributed by atoms with van der Waals surface area (Å²) in [5.74, 6) is 1.17. The van der Waals surface area contributed by atoms with Crippen molar-refractivity contribution in [3.8, 4) is 11.3 Å². The molecular formula is C26H25N5O. The zero-order chi connectivity index (χ0) is 22.5. The van der Waals surface area contributed by atoms with Crippen LogP contribution in [0.2, 0.25) is 0 Å². The van der Waals surface area contributed by atoms with Crippen molar-refractivity contribution in [1.82, 2.24) is 9.97 Å². The Kier molecular flexibility index (Phi) is 6.12. The predicted molar refractivity (Wildman–Crippen MR) is 131 cm³/mol. The number of rotatable bonds is 6. The molecule has 0 radical (unpaired) electrons. The van der Waals surface area contributed by atoms with Gasteiger partial charge in [-0.25, -0.2) is 9.97 Å². The van der Waals surface area contributed by atoms with Crippen LogP contribution >= 0.6 is 0 Å². The van der Waals surface area contributed by atoms with Crippen molar-refractivity contribution in [3.05, 3.63) is 96.3 Å². The molecule has 1 aromatic heterocycles. The fourth-order valence-electron chi connectivity index (χ4n) is 3.34. The molecule has 0 aliphatic carbocycles. The van der Waals surface area contributed by atoms with E-state index < -0.39 is 0 Å². The van der Waals surface area contributed by atoms with Gasteiger partial charge in [0.2, 0.25) is 0 Å². The molecule has 3 aromatic carbocycles. The standard InChI is InChI=1S/C26H25N5O/c1-18-27-24(19-9-5-4-6-10-19)17-25(28-18)29-21-12-7-11-20(15-21)26(32)30-22-13-8-14-23(16-22)31(2)3/h4-17H,1-3H3,(H,30,32)(H,27,28,29). The molecule has 4 aromatic rings. The quantitative estimate of drug-likeness (QED) is 0.428. The number of benzene rings is 3. The molecule has 0 saturated carbocycles. The van der Waals surface area contributed by atoms with Gasteiger partial charge in [0.15, 0.2) is 0 Å². The highest BCUT2D eigenvalue weighted by Crippen LogP contribution is 2.23. The number of hydrogen-bond donors (Lipinski definition) is 2. The monoisotopic (exact) mass is 423 g/mol. The Bertz CT molecular complexity index is 1240. The summed E-state index contributed by atoms with van der Waals surface area (Å²) in [7, 11) is 3.93. The predicted octanol–water partition coefficient (Wildman–Crippen LogP) is 5.51. The first-order valence-electron chi connectivity index (χ1n) is 10.3. The Morgan fingerprint density at radius 3 is 2.34 bits per heavy atom. The van der Waals surface area contributed by atoms with Crippen LogP contribution in [-0.4, -0.2) is 30.0 Å². The van der Waals surface area contributed by atoms with Gasteiger partial charge in [-0.2, -0.15) is 0 Å². The first kappa shape index (κ1) is 21.1. The number of aromatic nitrogens is 2. The molecule has 4 rings (SSSR count). The molecule has 1 amide bonds. The molecule has 2 N–H and O–H groups in total. The van der Waals surface area contributed by atoms with E-state index in [-0.39, 0.29) is 5.91 Å². The topological polar surface area (TPSA) is 70.2 Å². The van der Waals surface area contributed by atoms with Gasteiger partial charge in [0.25, 0.3) is 5.91 Å². The summed E-state index contributed by atoms with van der Waals surface area (Å²) in [6, 6.07) is 27.0. The third-order valence-electron chi connectivity index (χ3n) is 4.93. The van der Waals surface area contributed by atoms with E-state index >= 15 is 0 Å². The average Bonchev–Trinajstić information content (AvgIpc) is 2.79. The van der Waals surface area contributed by atoms with Gasteiger partial charge in [-0.1, -0.05) is 42.5 Å². The molecule has 0 atom stereocenters. The zero-order valence-corrected chi connectivity index (χ0v) is 18.3. The number of carbonyl (C=O) groups excluding carboxylic acids is 1. The van der Waals surface area contributed by atoms with Crippen LogP contribution in [-0.2, 0) is 0 Å². The molecule has 6 heteroatoms. The van der Waals surface area contributed by atoms with Crippen molar-refractivity contribution in [2.45, 2.75) is 6.92 Å². The van der Waals surface area contributed by atoms with Gasteiger partial charge in [-0.15, -0.1) is 0 Å². The minimum Gasteiger partial charge on any atom is -0.378 e. The van der Waals surface area contributed by atoms with Crippen LogP contribution in [0.25, 0.3) is 11.3 Å². The summed E-state index contributed by atoms with van der Waals surface area (Å²) in [4.78, 5) is 23.8. The number of hydrogen-bond acceptors (Lipinski definition) is 5. The number of aryl methyl sites for hydroxylation is 1. The van der Waals surface area contributed by atoms with Gasteiger partial charge < -0.3 is 15.5 Å². The number of nitrogens with zero attached hydrogens (tertiary/aromatic N) is 3. The summed E-state index contributed by atoms with van der Waals surface area (Å²) in [5.41, 5.74) is 4.96. The molecule has 160 valence electrons. The van der Waals surface area contributed by atoms with Crippen LogP contribution in [0.15, 0.2) is 84.9 Å². The van der Waals surface area contributed by atoms with E-state index in [2.05, 4.69) is 20.6 Å². The molecule has 0 bridgehead atoms. The van der Waals surface area contributed by atoms with Crippen molar-refractivity contribution < 1.29 is 4.79 Å². The lowest BCUT2D eigenvalue weighted by Gasteiger charge is -2.14. The molecular weight excluding hydrogens is 398 g/mol. The molecule has 0 saturated heterocycles. The lowest BCUT2D eigenvalue weighted by molar-refractivity contribution is 0.102. The second-order valence-corrected chi connectivity index (χ2v) is 7.66. The van der Waals surface area contributed by atoms with Crippen molar-refractivity contribution in [2.24, 2.45) is 0 Å². The average molecular weight is 424 g/mol. The maximum absolute atomic E-state index is 12.8. The summed E-state index contributed by atoms with van der Waals surface area (Å²) >= 11 is 0. The largest absolute Gasteiger partial charge is 0.378 e. The number of anilines is 4. The lowest BCUT2D eigenvalue weighted by atomic mass is 10.1.